The number of aromatic nitrogens is 2. The molecule has 0 spiro atoms. The van der Waals surface area contributed by atoms with Gasteiger partial charge in [-0.3, -0.25) is 0 Å². The van der Waals surface area contributed by atoms with Crippen LogP contribution in [0.2, 0.25) is 0 Å². The van der Waals surface area contributed by atoms with Gasteiger partial charge in [0, 0.05) is 17.7 Å². The molecule has 8 nitrogen and oxygen atoms in total. The highest BCUT2D eigenvalue weighted by Gasteiger charge is 2.28. The van der Waals surface area contributed by atoms with Crippen LogP contribution in [-0.4, -0.2) is 36.6 Å². The molecule has 1 heterocycles. The van der Waals surface area contributed by atoms with E-state index in [-0.39, 0.29) is 34.9 Å². The third kappa shape index (κ3) is 4.07. The van der Waals surface area contributed by atoms with Gasteiger partial charge < -0.3 is 10.8 Å². The van der Waals surface area contributed by atoms with Gasteiger partial charge in [-0.2, -0.15) is 5.26 Å². The van der Waals surface area contributed by atoms with Crippen LogP contribution in [0, 0.1) is 17.1 Å². The molecular weight excluding hydrogens is 397 g/mol. The van der Waals surface area contributed by atoms with Crippen molar-refractivity contribution in [1.82, 2.24) is 14.7 Å². The lowest BCUT2D eigenvalue weighted by molar-refractivity contribution is 0.301. The van der Waals surface area contributed by atoms with E-state index in [0.29, 0.717) is 5.56 Å². The molecule has 0 saturated heterocycles. The lowest BCUT2D eigenvalue weighted by Gasteiger charge is -2.15. The van der Waals surface area contributed by atoms with Gasteiger partial charge in [0.05, 0.1) is 12.8 Å². The molecule has 3 aromatic rings. The number of benzene rings is 2. The summed E-state index contributed by atoms with van der Waals surface area (Å²) in [5.41, 5.74) is 5.56. The summed E-state index contributed by atoms with van der Waals surface area (Å²) in [6.07, 6.45) is 1.15. The van der Waals surface area contributed by atoms with Gasteiger partial charge in [0.2, 0.25) is 10.0 Å². The Bertz CT molecular complexity index is 1190. The van der Waals surface area contributed by atoms with Gasteiger partial charge in [-0.05, 0) is 11.6 Å². The molecule has 0 aliphatic carbocycles. The van der Waals surface area contributed by atoms with Gasteiger partial charge in [-0.25, -0.2) is 27.5 Å². The van der Waals surface area contributed by atoms with Crippen LogP contribution >= 0.6 is 0 Å². The fraction of sp³-hybridized carbons (Fsp3) is 0.105. The second-order valence-electron chi connectivity index (χ2n) is 5.90. The molecule has 0 bridgehead atoms. The first-order valence-electron chi connectivity index (χ1n) is 8.40. The van der Waals surface area contributed by atoms with Crippen molar-refractivity contribution in [3.8, 4) is 28.5 Å². The van der Waals surface area contributed by atoms with Crippen molar-refractivity contribution < 1.29 is 17.9 Å². The van der Waals surface area contributed by atoms with Crippen molar-refractivity contribution in [3.63, 3.8) is 0 Å². The Labute approximate surface area is 166 Å². The number of aliphatic hydroxyl groups is 1. The number of rotatable bonds is 6. The van der Waals surface area contributed by atoms with E-state index in [1.165, 1.54) is 12.1 Å². The zero-order valence-electron chi connectivity index (χ0n) is 15.0. The molecule has 3 rings (SSSR count). The van der Waals surface area contributed by atoms with Gasteiger partial charge in [-0.15, -0.1) is 0 Å². The Morgan fingerprint density at radius 3 is 2.52 bits per heavy atom. The zero-order chi connectivity index (χ0) is 21.0. The molecule has 2 aromatic carbocycles. The number of hydrogen-bond donors (Lipinski definition) is 3. The topological polar surface area (TPSA) is 142 Å². The minimum Gasteiger partial charge on any atom is -0.395 e. The Balaban J connectivity index is 2.31. The molecule has 0 amide bonds. The quantitative estimate of drug-likeness (QED) is 0.558. The molecule has 29 heavy (non-hydrogen) atoms. The van der Waals surface area contributed by atoms with E-state index < -0.39 is 27.3 Å². The first-order valence-corrected chi connectivity index (χ1v) is 9.88. The van der Waals surface area contributed by atoms with Gasteiger partial charge in [0.1, 0.15) is 22.5 Å². The SMILES string of the molecule is N#Cc1nc(N)cnc1-c1ccc(-c2ccccc2)c(S(=O)(=O)NCCO)c1F. The molecule has 148 valence electrons. The van der Waals surface area contributed by atoms with Crippen LogP contribution < -0.4 is 10.5 Å². The van der Waals surface area contributed by atoms with Crippen molar-refractivity contribution in [3.05, 3.63) is 60.2 Å². The Morgan fingerprint density at radius 2 is 1.86 bits per heavy atom. The summed E-state index contributed by atoms with van der Waals surface area (Å²) in [5, 5.41) is 18.3. The highest BCUT2D eigenvalue weighted by atomic mass is 32.2. The summed E-state index contributed by atoms with van der Waals surface area (Å²) in [6.45, 7) is -0.741. The fourth-order valence-corrected chi connectivity index (χ4v) is 4.10. The van der Waals surface area contributed by atoms with Crippen LogP contribution in [0.3, 0.4) is 0 Å². The number of nitrogen functional groups attached to an aromatic ring is 1. The Kier molecular flexibility index (Phi) is 5.84. The molecule has 0 atom stereocenters. The van der Waals surface area contributed by atoms with E-state index in [1.54, 1.807) is 36.4 Å². The third-order valence-electron chi connectivity index (χ3n) is 4.01. The number of sulfonamides is 1. The lowest BCUT2D eigenvalue weighted by Crippen LogP contribution is -2.28. The predicted molar refractivity (Wildman–Crippen MR) is 104 cm³/mol. The first kappa shape index (κ1) is 20.3. The van der Waals surface area contributed by atoms with E-state index in [1.807, 2.05) is 0 Å². The van der Waals surface area contributed by atoms with Crippen LogP contribution in [0.5, 0.6) is 0 Å². The molecule has 10 heteroatoms. The summed E-state index contributed by atoms with van der Waals surface area (Å²) < 4.78 is 43.3. The largest absolute Gasteiger partial charge is 0.395 e. The van der Waals surface area contributed by atoms with Crippen LogP contribution in [0.25, 0.3) is 22.4 Å². The number of halogens is 1. The van der Waals surface area contributed by atoms with Crippen molar-refractivity contribution in [2.24, 2.45) is 0 Å². The Hall–Kier alpha value is -3.39. The number of hydrogen-bond acceptors (Lipinski definition) is 7. The predicted octanol–water partition coefficient (Wildman–Crippen LogP) is 1.67. The first-order chi connectivity index (χ1) is 13.9. The van der Waals surface area contributed by atoms with Gasteiger partial charge in [0.15, 0.2) is 11.5 Å². The number of aliphatic hydroxyl groups excluding tert-OH is 1. The van der Waals surface area contributed by atoms with Crippen LogP contribution in [0.15, 0.2) is 53.6 Å². The maximum Gasteiger partial charge on any atom is 0.244 e. The molecule has 0 saturated carbocycles. The minimum atomic E-state index is -4.33. The maximum absolute atomic E-state index is 15.6. The standard InChI is InChI=1S/C19H16FN5O3S/c20-17-14(18-15(10-21)25-16(22)11-23-18)7-6-13(12-4-2-1-3-5-12)19(17)29(27,28)24-8-9-26/h1-7,11,24,26H,8-9H2,(H2,22,25). The van der Waals surface area contributed by atoms with Gasteiger partial charge in [0.25, 0.3) is 0 Å². The molecule has 4 N–H and O–H groups in total. The lowest BCUT2D eigenvalue weighted by atomic mass is 10.0. The van der Waals surface area contributed by atoms with Gasteiger partial charge in [-0.1, -0.05) is 36.4 Å². The summed E-state index contributed by atoms with van der Waals surface area (Å²) in [6, 6.07) is 13.0. The molecular formula is C19H16FN5O3S. The number of nitrogens with one attached hydrogen (secondary N) is 1. The maximum atomic E-state index is 15.6. The molecule has 1 aromatic heterocycles. The van der Waals surface area contributed by atoms with Crippen LogP contribution in [0.1, 0.15) is 5.69 Å². The number of nitrogens with two attached hydrogens (primary N) is 1. The van der Waals surface area contributed by atoms with Crippen LogP contribution in [0.4, 0.5) is 10.2 Å². The summed E-state index contributed by atoms with van der Waals surface area (Å²) in [7, 11) is -4.33. The van der Waals surface area contributed by atoms with Crippen molar-refractivity contribution in [1.29, 1.82) is 5.26 Å². The molecule has 0 aliphatic rings. The molecule has 0 unspecified atom stereocenters. The van der Waals surface area contributed by atoms with Crippen molar-refractivity contribution in [2.75, 3.05) is 18.9 Å². The highest BCUT2D eigenvalue weighted by molar-refractivity contribution is 7.89. The summed E-state index contributed by atoms with van der Waals surface area (Å²) in [5.74, 6) is -1.11. The Morgan fingerprint density at radius 1 is 1.17 bits per heavy atom. The van der Waals surface area contributed by atoms with Crippen molar-refractivity contribution in [2.45, 2.75) is 4.90 Å². The fourth-order valence-electron chi connectivity index (χ4n) is 2.78. The van der Waals surface area contributed by atoms with Gasteiger partial charge >= 0.3 is 0 Å². The smallest absolute Gasteiger partial charge is 0.244 e. The summed E-state index contributed by atoms with van der Waals surface area (Å²) in [4.78, 5) is 7.17. The monoisotopic (exact) mass is 413 g/mol. The average Bonchev–Trinajstić information content (AvgIpc) is 2.72. The number of anilines is 1. The molecule has 0 aliphatic heterocycles. The summed E-state index contributed by atoms with van der Waals surface area (Å²) >= 11 is 0. The highest BCUT2D eigenvalue weighted by Crippen LogP contribution is 2.35. The van der Waals surface area contributed by atoms with E-state index >= 15 is 4.39 Å². The van der Waals surface area contributed by atoms with E-state index in [0.717, 1.165) is 6.20 Å². The van der Waals surface area contributed by atoms with Crippen molar-refractivity contribution >= 4 is 15.8 Å². The molecule has 0 radical (unpaired) electrons. The van der Waals surface area contributed by atoms with E-state index in [4.69, 9.17) is 10.8 Å². The number of nitrogens with zero attached hydrogens (tertiary/aromatic N) is 3. The zero-order valence-corrected chi connectivity index (χ0v) is 15.8. The number of nitriles is 1. The average molecular weight is 413 g/mol. The normalized spacial score (nSPS) is 11.2. The van der Waals surface area contributed by atoms with E-state index in [9.17, 15) is 13.7 Å². The second-order valence-corrected chi connectivity index (χ2v) is 7.60. The van der Waals surface area contributed by atoms with E-state index in [2.05, 4.69) is 14.7 Å². The minimum absolute atomic E-state index is 0.0240. The molecule has 0 fully saturated rings. The third-order valence-corrected chi connectivity index (χ3v) is 5.53. The van der Waals surface area contributed by atoms with Crippen LogP contribution in [-0.2, 0) is 10.0 Å². The second kappa shape index (κ2) is 8.32.